The maximum absolute atomic E-state index is 15.1. The zero-order valence-corrected chi connectivity index (χ0v) is 35.3. The number of piperidine rings is 1. The molecule has 20 heteroatoms. The number of aromatic nitrogens is 3. The zero-order chi connectivity index (χ0) is 45.7. The van der Waals surface area contributed by atoms with E-state index >= 15 is 8.78 Å². The molecule has 4 N–H and O–H groups in total. The summed E-state index contributed by atoms with van der Waals surface area (Å²) in [6.07, 6.45) is 1.70. The number of anilines is 2. The highest BCUT2D eigenvalue weighted by Gasteiger charge is 2.40. The maximum atomic E-state index is 15.1. The molecule has 2 aromatic heterocycles. The van der Waals surface area contributed by atoms with Crippen LogP contribution in [0.25, 0.3) is 10.9 Å². The smallest absolute Gasteiger partial charge is 0.396 e. The number of carbonyl (C=O) groups excluding carboxylic acids is 5. The van der Waals surface area contributed by atoms with E-state index in [9.17, 15) is 42.3 Å². The van der Waals surface area contributed by atoms with E-state index in [4.69, 9.17) is 5.10 Å². The minimum atomic E-state index is -4.75. The molecule has 0 unspecified atom stereocenters. The number of imide groups is 1. The fraction of sp³-hybridized carbons (Fsp3) is 0.489. The van der Waals surface area contributed by atoms with Crippen molar-refractivity contribution in [3.05, 3.63) is 82.8 Å². The van der Waals surface area contributed by atoms with Gasteiger partial charge in [-0.2, -0.15) is 18.3 Å². The highest BCUT2D eigenvalue weighted by molar-refractivity contribution is 6.10. The van der Waals surface area contributed by atoms with Crippen molar-refractivity contribution in [1.82, 2.24) is 35.2 Å². The van der Waals surface area contributed by atoms with Gasteiger partial charge >= 0.3 is 6.18 Å². The molecular weight excluding hydrogens is 858 g/mol. The average molecular weight is 906 g/mol. The van der Waals surface area contributed by atoms with Crippen molar-refractivity contribution in [2.75, 3.05) is 56.1 Å². The number of amides is 5. The first-order valence-corrected chi connectivity index (χ1v) is 22.0. The number of benzene rings is 2. The molecule has 15 nitrogen and oxygen atoms in total. The summed E-state index contributed by atoms with van der Waals surface area (Å²) in [6, 6.07) is 8.71. The SMILES string of the molecule is O=C1CC[C@H](c2c(F)cc(N3CC(C(=O)N4CCN(C5CCC(n6cc7cc(NC(=O)c8cccc(C(F)(F)F)n8)c(C(=O)NC8CC(CO)C8)cc7n6)CC5)CC4)C3)cc2F)C(=O)N1. The lowest BCUT2D eigenvalue weighted by Crippen LogP contribution is -2.59. The molecule has 2 aliphatic carbocycles. The molecule has 344 valence electrons. The number of nitrogens with one attached hydrogen (secondary N) is 3. The standard InChI is InChI=1S/C45H48F5N9O6/c46-33-17-30(18-34(47)40(33)31-8-9-39(61)54-41(31)62)58-20-26(21-58)44(65)57-12-10-56(11-13-57)28-4-6-29(7-5-28)59-22-25-16-37(53-43(64)35-2-1-3-38(52-35)45(48,49)50)32(19-36(25)55-59)42(63)51-27-14-24(15-27)23-60/h1-3,16-19,22,24,26-29,31,60H,4-15,20-21,23H2,(H,51,63)(H,53,64)(H,54,61,62)/t24?,27?,28?,29?,31-/m1/s1. The second-order valence-corrected chi connectivity index (χ2v) is 17.9. The number of carbonyl (C=O) groups is 5. The first-order valence-electron chi connectivity index (χ1n) is 22.0. The van der Waals surface area contributed by atoms with Gasteiger partial charge in [0.05, 0.1) is 34.6 Å². The second kappa shape index (κ2) is 17.8. The predicted octanol–water partition coefficient (Wildman–Crippen LogP) is 4.77. The van der Waals surface area contributed by atoms with Crippen molar-refractivity contribution in [3.63, 3.8) is 0 Å². The van der Waals surface area contributed by atoms with Crippen molar-refractivity contribution >= 4 is 51.8 Å². The molecule has 4 aromatic rings. The third kappa shape index (κ3) is 9.14. The summed E-state index contributed by atoms with van der Waals surface area (Å²) in [5.74, 6) is -5.62. The van der Waals surface area contributed by atoms with E-state index in [1.165, 1.54) is 12.1 Å². The van der Waals surface area contributed by atoms with Crippen molar-refractivity contribution in [2.45, 2.75) is 81.6 Å². The number of alkyl halides is 3. The summed E-state index contributed by atoms with van der Waals surface area (Å²) in [5.41, 5.74) is -1.05. The molecule has 65 heavy (non-hydrogen) atoms. The van der Waals surface area contributed by atoms with E-state index in [1.54, 1.807) is 17.0 Å². The van der Waals surface area contributed by atoms with Crippen LogP contribution in [-0.2, 0) is 20.6 Å². The van der Waals surface area contributed by atoms with Gasteiger partial charge in [0.2, 0.25) is 17.7 Å². The molecule has 0 radical (unpaired) electrons. The monoisotopic (exact) mass is 905 g/mol. The minimum absolute atomic E-state index is 0.00126. The van der Waals surface area contributed by atoms with Gasteiger partial charge in [0.25, 0.3) is 11.8 Å². The maximum Gasteiger partial charge on any atom is 0.433 e. The number of rotatable bonds is 10. The zero-order valence-electron chi connectivity index (χ0n) is 35.3. The molecule has 2 aromatic carbocycles. The highest BCUT2D eigenvalue weighted by Crippen LogP contribution is 2.37. The van der Waals surface area contributed by atoms with Gasteiger partial charge in [-0.15, -0.1) is 0 Å². The van der Waals surface area contributed by atoms with Crippen LogP contribution in [0.4, 0.5) is 33.3 Å². The van der Waals surface area contributed by atoms with Crippen molar-refractivity contribution in [3.8, 4) is 0 Å². The first-order chi connectivity index (χ1) is 31.1. The summed E-state index contributed by atoms with van der Waals surface area (Å²) in [6.45, 7) is 3.17. The molecular formula is C45H48F5N9O6. The van der Waals surface area contributed by atoms with Gasteiger partial charge in [0, 0.05) is 87.2 Å². The van der Waals surface area contributed by atoms with Crippen LogP contribution in [-0.4, -0.2) is 117 Å². The molecule has 5 aliphatic rings. The number of hydrogen-bond acceptors (Lipinski definition) is 10. The Labute approximate surface area is 369 Å². The molecule has 0 spiro atoms. The normalized spacial score (nSPS) is 24.3. The number of pyridine rings is 1. The molecule has 3 saturated heterocycles. The second-order valence-electron chi connectivity index (χ2n) is 17.9. The lowest BCUT2D eigenvalue weighted by molar-refractivity contribution is -0.141. The highest BCUT2D eigenvalue weighted by atomic mass is 19.4. The van der Waals surface area contributed by atoms with Crippen LogP contribution < -0.4 is 20.9 Å². The Balaban J connectivity index is 0.791. The summed E-state index contributed by atoms with van der Waals surface area (Å²) in [7, 11) is 0. The van der Waals surface area contributed by atoms with Crippen LogP contribution in [0.1, 0.15) is 95.4 Å². The summed E-state index contributed by atoms with van der Waals surface area (Å²) >= 11 is 0. The Kier molecular flexibility index (Phi) is 12.1. The summed E-state index contributed by atoms with van der Waals surface area (Å²) in [4.78, 5) is 73.5. The average Bonchev–Trinajstić information content (AvgIpc) is 3.67. The quantitative estimate of drug-likeness (QED) is 0.128. The fourth-order valence-electron chi connectivity index (χ4n) is 9.89. The van der Waals surface area contributed by atoms with E-state index in [1.807, 2.05) is 15.8 Å². The Morgan fingerprint density at radius 1 is 0.877 bits per heavy atom. The molecule has 2 saturated carbocycles. The lowest BCUT2D eigenvalue weighted by atomic mass is 9.81. The first kappa shape index (κ1) is 44.2. The summed E-state index contributed by atoms with van der Waals surface area (Å²) in [5, 5.41) is 22.5. The Bertz CT molecular complexity index is 2500. The van der Waals surface area contributed by atoms with Gasteiger partial charge < -0.3 is 25.5 Å². The van der Waals surface area contributed by atoms with Crippen molar-refractivity contribution in [1.29, 1.82) is 0 Å². The Morgan fingerprint density at radius 2 is 1.57 bits per heavy atom. The van der Waals surface area contributed by atoms with Crippen LogP contribution in [0, 0.1) is 23.5 Å². The molecule has 0 bridgehead atoms. The van der Waals surface area contributed by atoms with Crippen LogP contribution >= 0.6 is 0 Å². The van der Waals surface area contributed by atoms with E-state index < -0.39 is 58.7 Å². The molecule has 9 rings (SSSR count). The van der Waals surface area contributed by atoms with Crippen molar-refractivity contribution in [2.24, 2.45) is 11.8 Å². The number of aliphatic hydroxyl groups is 1. The van der Waals surface area contributed by atoms with Gasteiger partial charge in [-0.25, -0.2) is 13.8 Å². The molecule has 5 fully saturated rings. The number of nitrogens with zero attached hydrogens (tertiary/aromatic N) is 6. The largest absolute Gasteiger partial charge is 0.433 e. The van der Waals surface area contributed by atoms with Crippen LogP contribution in [0.15, 0.2) is 48.7 Å². The lowest BCUT2D eigenvalue weighted by Gasteiger charge is -2.45. The Morgan fingerprint density at radius 3 is 2.23 bits per heavy atom. The topological polar surface area (TPSA) is 182 Å². The fourth-order valence-corrected chi connectivity index (χ4v) is 9.89. The van der Waals surface area contributed by atoms with Gasteiger partial charge in [-0.05, 0) is 87.3 Å². The minimum Gasteiger partial charge on any atom is -0.396 e. The number of aliphatic hydroxyl groups excluding tert-OH is 1. The van der Waals surface area contributed by atoms with Crippen LogP contribution in [0.2, 0.25) is 0 Å². The van der Waals surface area contributed by atoms with Crippen LogP contribution in [0.5, 0.6) is 0 Å². The van der Waals surface area contributed by atoms with Crippen LogP contribution in [0.3, 0.4) is 0 Å². The molecule has 5 heterocycles. The van der Waals surface area contributed by atoms with Crippen molar-refractivity contribution < 1.29 is 51.0 Å². The summed E-state index contributed by atoms with van der Waals surface area (Å²) < 4.78 is 72.3. The van der Waals surface area contributed by atoms with Gasteiger partial charge in [-0.3, -0.25) is 38.9 Å². The third-order valence-electron chi connectivity index (χ3n) is 13.7. The van der Waals surface area contributed by atoms with E-state index in [2.05, 4.69) is 25.8 Å². The predicted molar refractivity (Wildman–Crippen MR) is 225 cm³/mol. The number of hydrogen-bond donors (Lipinski definition) is 4. The number of piperazine rings is 1. The van der Waals surface area contributed by atoms with Gasteiger partial charge in [0.15, 0.2) is 0 Å². The third-order valence-corrected chi connectivity index (χ3v) is 13.7. The van der Waals surface area contributed by atoms with E-state index in [0.29, 0.717) is 74.7 Å². The molecule has 3 aliphatic heterocycles. The Hall–Kier alpha value is -6.02. The number of fused-ring (bicyclic) bond motifs is 1. The van der Waals surface area contributed by atoms with E-state index in [-0.39, 0.29) is 66.1 Å². The molecule has 5 amide bonds. The number of halogens is 5. The molecule has 1 atom stereocenters. The van der Waals surface area contributed by atoms with Gasteiger partial charge in [-0.1, -0.05) is 6.07 Å². The van der Waals surface area contributed by atoms with E-state index in [0.717, 1.165) is 43.9 Å². The van der Waals surface area contributed by atoms with Gasteiger partial charge in [0.1, 0.15) is 23.0 Å².